The predicted molar refractivity (Wildman–Crippen MR) is 119 cm³/mol. The maximum absolute atomic E-state index is 12.7. The largest absolute Gasteiger partial charge is 0.379 e. The molecule has 6 nitrogen and oxygen atoms in total. The van der Waals surface area contributed by atoms with Crippen LogP contribution in [0.15, 0.2) is 51.9 Å². The molecule has 154 valence electrons. The van der Waals surface area contributed by atoms with Gasteiger partial charge in [0.25, 0.3) is 11.8 Å². The number of nitrogens with zero attached hydrogens (tertiary/aromatic N) is 1. The van der Waals surface area contributed by atoms with Crippen LogP contribution in [-0.2, 0) is 9.53 Å². The van der Waals surface area contributed by atoms with Crippen molar-refractivity contribution in [3.63, 3.8) is 0 Å². The third-order valence-electron chi connectivity index (χ3n) is 4.46. The molecule has 1 saturated heterocycles. The highest BCUT2D eigenvalue weighted by molar-refractivity contribution is 9.10. The molecule has 0 bridgehead atoms. The lowest BCUT2D eigenvalue weighted by molar-refractivity contribution is -0.117. The lowest BCUT2D eigenvalue weighted by Crippen LogP contribution is -2.39. The highest BCUT2D eigenvalue weighted by Crippen LogP contribution is 2.14. The number of morpholine rings is 1. The van der Waals surface area contributed by atoms with Crippen LogP contribution >= 0.6 is 27.3 Å². The predicted octanol–water partition coefficient (Wildman–Crippen LogP) is 3.12. The van der Waals surface area contributed by atoms with Crippen molar-refractivity contribution in [3.8, 4) is 0 Å². The molecule has 8 heteroatoms. The van der Waals surface area contributed by atoms with Crippen LogP contribution in [0.3, 0.4) is 0 Å². The molecule has 2 amide bonds. The van der Waals surface area contributed by atoms with Gasteiger partial charge in [-0.15, -0.1) is 11.3 Å². The van der Waals surface area contributed by atoms with Crippen LogP contribution in [-0.4, -0.2) is 56.1 Å². The third-order valence-corrected chi connectivity index (χ3v) is 5.86. The first-order valence-corrected chi connectivity index (χ1v) is 11.2. The summed E-state index contributed by atoms with van der Waals surface area (Å²) in [5, 5.41) is 7.51. The van der Waals surface area contributed by atoms with Gasteiger partial charge in [0, 0.05) is 24.1 Å². The number of benzene rings is 1. The third kappa shape index (κ3) is 7.08. The molecule has 1 fully saturated rings. The molecule has 1 aliphatic rings. The minimum atomic E-state index is -0.292. The molecule has 2 N–H and O–H groups in total. The SMILES string of the molecule is O=C(NCCCN1CCOCC1)/C(=C\c1ccc(Br)cc1)NC(=O)c1cccs1. The zero-order chi connectivity index (χ0) is 20.5. The Morgan fingerprint density at radius 3 is 2.62 bits per heavy atom. The second-order valence-corrected chi connectivity index (χ2v) is 8.47. The monoisotopic (exact) mass is 477 g/mol. The lowest BCUT2D eigenvalue weighted by atomic mass is 10.2. The van der Waals surface area contributed by atoms with Gasteiger partial charge in [-0.1, -0.05) is 34.1 Å². The van der Waals surface area contributed by atoms with E-state index < -0.39 is 0 Å². The van der Waals surface area contributed by atoms with E-state index in [1.165, 1.54) is 11.3 Å². The Morgan fingerprint density at radius 1 is 1.17 bits per heavy atom. The first kappa shape index (κ1) is 21.7. The van der Waals surface area contributed by atoms with Crippen LogP contribution < -0.4 is 10.6 Å². The number of rotatable bonds is 8. The highest BCUT2D eigenvalue weighted by atomic mass is 79.9. The number of thiophene rings is 1. The molecule has 3 rings (SSSR count). The Bertz CT molecular complexity index is 831. The molecule has 2 aromatic rings. The van der Waals surface area contributed by atoms with E-state index in [1.54, 1.807) is 12.1 Å². The first-order chi connectivity index (χ1) is 14.1. The highest BCUT2D eigenvalue weighted by Gasteiger charge is 2.15. The quantitative estimate of drug-likeness (QED) is 0.452. The van der Waals surface area contributed by atoms with Crippen LogP contribution in [0.4, 0.5) is 0 Å². The molecule has 2 heterocycles. The molecular weight excluding hydrogens is 454 g/mol. The van der Waals surface area contributed by atoms with Gasteiger partial charge in [0.15, 0.2) is 0 Å². The lowest BCUT2D eigenvalue weighted by Gasteiger charge is -2.26. The van der Waals surface area contributed by atoms with Crippen molar-refractivity contribution in [2.45, 2.75) is 6.42 Å². The van der Waals surface area contributed by atoms with Crippen molar-refractivity contribution in [2.24, 2.45) is 0 Å². The molecule has 0 atom stereocenters. The first-order valence-electron chi connectivity index (χ1n) is 9.52. The Labute approximate surface area is 183 Å². The summed E-state index contributed by atoms with van der Waals surface area (Å²) >= 11 is 4.74. The van der Waals surface area contributed by atoms with Gasteiger partial charge in [-0.05, 0) is 48.2 Å². The molecular formula is C21H24BrN3O3S. The number of carbonyl (C=O) groups is 2. The Morgan fingerprint density at radius 2 is 1.93 bits per heavy atom. The normalized spacial score (nSPS) is 15.1. The van der Waals surface area contributed by atoms with Crippen LogP contribution in [0.1, 0.15) is 21.7 Å². The summed E-state index contributed by atoms with van der Waals surface area (Å²) in [5.41, 5.74) is 1.07. The van der Waals surface area contributed by atoms with Crippen molar-refractivity contribution in [1.82, 2.24) is 15.5 Å². The van der Waals surface area contributed by atoms with Crippen LogP contribution in [0.25, 0.3) is 6.08 Å². The second kappa shape index (κ2) is 11.3. The Kier molecular flexibility index (Phi) is 8.42. The average Bonchev–Trinajstić information content (AvgIpc) is 3.28. The molecule has 1 aliphatic heterocycles. The van der Waals surface area contributed by atoms with Gasteiger partial charge in [-0.25, -0.2) is 0 Å². The fourth-order valence-corrected chi connectivity index (χ4v) is 3.78. The van der Waals surface area contributed by atoms with Gasteiger partial charge in [0.2, 0.25) is 0 Å². The minimum Gasteiger partial charge on any atom is -0.379 e. The van der Waals surface area contributed by atoms with Crippen molar-refractivity contribution in [2.75, 3.05) is 39.4 Å². The molecule has 1 aromatic heterocycles. The Balaban J connectivity index is 1.60. The molecule has 0 spiro atoms. The van der Waals surface area contributed by atoms with Crippen LogP contribution in [0, 0.1) is 0 Å². The molecule has 1 aromatic carbocycles. The molecule has 0 aliphatic carbocycles. The summed E-state index contributed by atoms with van der Waals surface area (Å²) in [7, 11) is 0. The summed E-state index contributed by atoms with van der Waals surface area (Å²) in [6, 6.07) is 11.1. The van der Waals surface area contributed by atoms with Gasteiger partial charge in [-0.2, -0.15) is 0 Å². The summed E-state index contributed by atoms with van der Waals surface area (Å²) in [5.74, 6) is -0.577. The standard InChI is InChI=1S/C21H24BrN3O3S/c22-17-6-4-16(5-7-17)15-18(24-21(27)19-3-1-14-29-19)20(26)23-8-2-9-25-10-12-28-13-11-25/h1,3-7,14-15H,2,8-13H2,(H,23,26)(H,24,27)/b18-15+. The maximum atomic E-state index is 12.7. The van der Waals surface area contributed by atoms with E-state index >= 15 is 0 Å². The molecule has 0 radical (unpaired) electrons. The number of ether oxygens (including phenoxy) is 1. The van der Waals surface area contributed by atoms with Gasteiger partial charge in [0.05, 0.1) is 18.1 Å². The zero-order valence-corrected chi connectivity index (χ0v) is 18.4. The van der Waals surface area contributed by atoms with Gasteiger partial charge < -0.3 is 15.4 Å². The molecule has 29 heavy (non-hydrogen) atoms. The van der Waals surface area contributed by atoms with E-state index in [2.05, 4.69) is 31.5 Å². The maximum Gasteiger partial charge on any atom is 0.267 e. The minimum absolute atomic E-state index is 0.233. The smallest absolute Gasteiger partial charge is 0.267 e. The van der Waals surface area contributed by atoms with Crippen molar-refractivity contribution >= 4 is 45.2 Å². The number of hydrogen-bond donors (Lipinski definition) is 2. The number of carbonyl (C=O) groups excluding carboxylic acids is 2. The summed E-state index contributed by atoms with van der Waals surface area (Å²) < 4.78 is 6.30. The topological polar surface area (TPSA) is 70.7 Å². The van der Waals surface area contributed by atoms with E-state index in [1.807, 2.05) is 35.7 Å². The summed E-state index contributed by atoms with van der Waals surface area (Å²) in [6.45, 7) is 4.85. The van der Waals surface area contributed by atoms with Crippen molar-refractivity contribution < 1.29 is 14.3 Å². The molecule has 0 unspecified atom stereocenters. The number of halogens is 1. The van der Waals surface area contributed by atoms with E-state index in [4.69, 9.17) is 4.74 Å². The second-order valence-electron chi connectivity index (χ2n) is 6.60. The van der Waals surface area contributed by atoms with Crippen molar-refractivity contribution in [1.29, 1.82) is 0 Å². The summed E-state index contributed by atoms with van der Waals surface area (Å²) in [4.78, 5) is 28.1. The van der Waals surface area contributed by atoms with Crippen LogP contribution in [0.5, 0.6) is 0 Å². The van der Waals surface area contributed by atoms with Gasteiger partial charge in [0.1, 0.15) is 5.70 Å². The fraction of sp³-hybridized carbons (Fsp3) is 0.333. The van der Waals surface area contributed by atoms with E-state index in [0.717, 1.165) is 49.3 Å². The fourth-order valence-electron chi connectivity index (χ4n) is 2.90. The van der Waals surface area contributed by atoms with E-state index in [9.17, 15) is 9.59 Å². The molecule has 0 saturated carbocycles. The zero-order valence-electron chi connectivity index (χ0n) is 16.0. The number of amides is 2. The number of nitrogens with one attached hydrogen (secondary N) is 2. The average molecular weight is 478 g/mol. The van der Waals surface area contributed by atoms with Crippen molar-refractivity contribution in [3.05, 3.63) is 62.4 Å². The Hall–Kier alpha value is -2.00. The van der Waals surface area contributed by atoms with E-state index in [-0.39, 0.29) is 17.5 Å². The van der Waals surface area contributed by atoms with Gasteiger partial charge in [-0.3, -0.25) is 14.5 Å². The van der Waals surface area contributed by atoms with Gasteiger partial charge >= 0.3 is 0 Å². The van der Waals surface area contributed by atoms with E-state index in [0.29, 0.717) is 11.4 Å². The number of hydrogen-bond acceptors (Lipinski definition) is 5. The van der Waals surface area contributed by atoms with Crippen LogP contribution in [0.2, 0.25) is 0 Å². The summed E-state index contributed by atoms with van der Waals surface area (Å²) in [6.07, 6.45) is 2.53.